The van der Waals surface area contributed by atoms with Gasteiger partial charge in [0.05, 0.1) is 23.0 Å². The van der Waals surface area contributed by atoms with Crippen molar-refractivity contribution >= 4 is 34.7 Å². The molecule has 1 aromatic rings. The van der Waals surface area contributed by atoms with Gasteiger partial charge in [0.15, 0.2) is 0 Å². The van der Waals surface area contributed by atoms with Crippen LogP contribution in [0.3, 0.4) is 0 Å². The Balaban J connectivity index is 1.83. The van der Waals surface area contributed by atoms with Crippen LogP contribution in [0.25, 0.3) is 0 Å². The summed E-state index contributed by atoms with van der Waals surface area (Å²) in [5.41, 5.74) is 0.0533. The van der Waals surface area contributed by atoms with E-state index in [9.17, 15) is 23.4 Å². The molecule has 0 aliphatic carbocycles. The van der Waals surface area contributed by atoms with Crippen molar-refractivity contribution in [1.82, 2.24) is 15.1 Å². The smallest absolute Gasteiger partial charge is 0.409 e. The molecule has 0 bridgehead atoms. The molecule has 3 amide bonds. The van der Waals surface area contributed by atoms with Gasteiger partial charge < -0.3 is 19.7 Å². The number of nitrogens with zero attached hydrogens (tertiary/aromatic N) is 2. The van der Waals surface area contributed by atoms with Gasteiger partial charge in [-0.2, -0.15) is 0 Å². The number of fused-ring (bicyclic) bond motifs is 1. The van der Waals surface area contributed by atoms with Crippen LogP contribution in [0.4, 0.5) is 4.79 Å². The Hall–Kier alpha value is -3.21. The monoisotopic (exact) mass is 491 g/mol. The largest absolute Gasteiger partial charge is 0.455 e. The van der Waals surface area contributed by atoms with E-state index in [0.29, 0.717) is 0 Å². The molecule has 0 radical (unpaired) electrons. The summed E-state index contributed by atoms with van der Waals surface area (Å²) in [6, 6.07) is 7.99. The lowest BCUT2D eigenvalue weighted by molar-refractivity contribution is -0.159. The molecule has 0 aromatic heterocycles. The third-order valence-corrected chi connectivity index (χ3v) is 6.71. The fourth-order valence-corrected chi connectivity index (χ4v) is 5.23. The maximum absolute atomic E-state index is 13.0. The summed E-state index contributed by atoms with van der Waals surface area (Å²) in [7, 11) is 1.37. The van der Waals surface area contributed by atoms with Gasteiger partial charge in [-0.25, -0.2) is 9.59 Å². The van der Waals surface area contributed by atoms with Crippen molar-refractivity contribution in [3.63, 3.8) is 0 Å². The van der Waals surface area contributed by atoms with Gasteiger partial charge in [-0.1, -0.05) is 30.3 Å². The maximum Gasteiger partial charge on any atom is 0.409 e. The van der Waals surface area contributed by atoms with Crippen molar-refractivity contribution in [2.75, 3.05) is 26.5 Å². The fraction of sp³-hybridized carbons (Fsp3) is 0.478. The van der Waals surface area contributed by atoms with Crippen LogP contribution in [0.2, 0.25) is 0 Å². The van der Waals surface area contributed by atoms with E-state index in [-0.39, 0.29) is 30.1 Å². The predicted molar refractivity (Wildman–Crippen MR) is 124 cm³/mol. The molecule has 34 heavy (non-hydrogen) atoms. The molecule has 11 heteroatoms. The highest BCUT2D eigenvalue weighted by Gasteiger charge is 2.57. The number of hydrogen-bond donors (Lipinski definition) is 1. The highest BCUT2D eigenvalue weighted by molar-refractivity contribution is 7.86. The molecule has 10 nitrogen and oxygen atoms in total. The van der Waals surface area contributed by atoms with Gasteiger partial charge in [0.2, 0.25) is 5.91 Å². The van der Waals surface area contributed by atoms with Crippen LogP contribution in [0.15, 0.2) is 41.6 Å². The van der Waals surface area contributed by atoms with Crippen molar-refractivity contribution in [3.8, 4) is 0 Å². The number of esters is 1. The summed E-state index contributed by atoms with van der Waals surface area (Å²) in [5, 5.41) is 1.73. The van der Waals surface area contributed by atoms with E-state index in [4.69, 9.17) is 9.47 Å². The van der Waals surface area contributed by atoms with E-state index in [0.717, 1.165) is 10.5 Å². The van der Waals surface area contributed by atoms with Crippen LogP contribution in [0, 0.1) is 0 Å². The molecule has 1 fully saturated rings. The molecule has 1 saturated heterocycles. The van der Waals surface area contributed by atoms with E-state index in [1.807, 2.05) is 6.07 Å². The zero-order valence-corrected chi connectivity index (χ0v) is 20.6. The van der Waals surface area contributed by atoms with E-state index in [1.54, 1.807) is 45.0 Å². The van der Waals surface area contributed by atoms with Crippen LogP contribution in [-0.4, -0.2) is 81.4 Å². The van der Waals surface area contributed by atoms with Gasteiger partial charge in [0.25, 0.3) is 5.91 Å². The Morgan fingerprint density at radius 3 is 2.41 bits per heavy atom. The molecule has 1 N–H and O–H groups in total. The lowest BCUT2D eigenvalue weighted by atomic mass is 10.0. The molecular weight excluding hydrogens is 462 g/mol. The summed E-state index contributed by atoms with van der Waals surface area (Å²) in [6.07, 6.45) is -0.588. The molecule has 0 saturated carbocycles. The Morgan fingerprint density at radius 2 is 1.82 bits per heavy atom. The van der Waals surface area contributed by atoms with Crippen LogP contribution >= 0.6 is 0 Å². The molecular formula is C23H29N3O7S. The molecule has 3 rings (SSSR count). The van der Waals surface area contributed by atoms with E-state index >= 15 is 0 Å². The minimum absolute atomic E-state index is 0.0600. The average molecular weight is 492 g/mol. The topological polar surface area (TPSA) is 122 Å². The second kappa shape index (κ2) is 9.96. The number of carbonyl (C=O) groups excluding carboxylic acids is 4. The summed E-state index contributed by atoms with van der Waals surface area (Å²) >= 11 is 0. The van der Waals surface area contributed by atoms with E-state index in [1.165, 1.54) is 19.0 Å². The number of rotatable bonds is 6. The molecule has 3 atom stereocenters. The Labute approximate surface area is 200 Å². The van der Waals surface area contributed by atoms with Crippen LogP contribution < -0.4 is 5.32 Å². The lowest BCUT2D eigenvalue weighted by Gasteiger charge is -2.49. The quantitative estimate of drug-likeness (QED) is 0.464. The number of nitrogens with one attached hydrogen (secondary N) is 1. The van der Waals surface area contributed by atoms with Crippen molar-refractivity contribution in [1.29, 1.82) is 0 Å². The number of carbonyl (C=O) groups is 4. The fourth-order valence-electron chi connectivity index (χ4n) is 3.56. The van der Waals surface area contributed by atoms with Crippen molar-refractivity contribution in [2.24, 2.45) is 0 Å². The van der Waals surface area contributed by atoms with E-state index < -0.39 is 51.7 Å². The molecule has 2 unspecified atom stereocenters. The number of amides is 3. The first kappa shape index (κ1) is 25.4. The second-order valence-corrected chi connectivity index (χ2v) is 10.8. The van der Waals surface area contributed by atoms with Crippen LogP contribution in [0.5, 0.6) is 0 Å². The summed E-state index contributed by atoms with van der Waals surface area (Å²) in [6.45, 7) is 4.72. The van der Waals surface area contributed by atoms with Gasteiger partial charge >= 0.3 is 12.1 Å². The average Bonchev–Trinajstić information content (AvgIpc) is 2.74. The number of ether oxygens (including phenoxy) is 2. The third-order valence-electron chi connectivity index (χ3n) is 5.06. The first-order chi connectivity index (χ1) is 15.9. The zero-order chi connectivity index (χ0) is 25.2. The number of hydrogen-bond acceptors (Lipinski definition) is 7. The zero-order valence-electron chi connectivity index (χ0n) is 19.8. The predicted octanol–water partition coefficient (Wildman–Crippen LogP) is 0.939. The third kappa shape index (κ3) is 5.64. The van der Waals surface area contributed by atoms with Crippen molar-refractivity contribution in [3.05, 3.63) is 47.2 Å². The number of β-lactam (4-membered cyclic amide) rings is 1. The lowest BCUT2D eigenvalue weighted by Crippen LogP contribution is -2.74. The van der Waals surface area contributed by atoms with Crippen molar-refractivity contribution < 1.29 is 32.9 Å². The van der Waals surface area contributed by atoms with E-state index in [2.05, 4.69) is 5.32 Å². The van der Waals surface area contributed by atoms with Crippen molar-refractivity contribution in [2.45, 2.75) is 44.2 Å². The van der Waals surface area contributed by atoms with Gasteiger partial charge in [-0.05, 0) is 26.3 Å². The summed E-state index contributed by atoms with van der Waals surface area (Å²) < 4.78 is 23.7. The highest BCUT2D eigenvalue weighted by Crippen LogP contribution is 2.36. The SMILES string of the molecule is CN(C)C(=O)OCC1=C(C(=O)OC(C)(C)C)N2C(=O)C(NC(=O)Cc3ccccc3)[C@@H]2S(=O)C1. The second-order valence-electron chi connectivity index (χ2n) is 9.23. The van der Waals surface area contributed by atoms with Crippen LogP contribution in [-0.2, 0) is 41.1 Å². The van der Waals surface area contributed by atoms with Gasteiger partial charge in [-0.3, -0.25) is 18.7 Å². The molecule has 2 aliphatic rings. The first-order valence-corrected chi connectivity index (χ1v) is 12.1. The molecule has 2 aliphatic heterocycles. The molecule has 0 spiro atoms. The van der Waals surface area contributed by atoms with Gasteiger partial charge in [-0.15, -0.1) is 0 Å². The summed E-state index contributed by atoms with van der Waals surface area (Å²) in [5.74, 6) is -1.85. The first-order valence-electron chi connectivity index (χ1n) is 10.7. The van der Waals surface area contributed by atoms with Gasteiger partial charge in [0.1, 0.15) is 29.3 Å². The Bertz CT molecular complexity index is 1050. The normalized spacial score (nSPS) is 21.9. The number of benzene rings is 1. The minimum Gasteiger partial charge on any atom is -0.455 e. The summed E-state index contributed by atoms with van der Waals surface area (Å²) in [4.78, 5) is 52.7. The molecule has 1 aromatic carbocycles. The molecule has 184 valence electrons. The highest BCUT2D eigenvalue weighted by atomic mass is 32.2. The van der Waals surface area contributed by atoms with Crippen LogP contribution in [0.1, 0.15) is 26.3 Å². The molecule has 2 heterocycles. The maximum atomic E-state index is 13.0. The standard InChI is InChI=1S/C23H29N3O7S/c1-23(2,3)33-21(29)18-15(12-32-22(30)25(4)5)13-34(31)20-17(19(28)26(18)20)24-16(27)11-14-9-7-6-8-10-14/h6-10,17,20H,11-13H2,1-5H3,(H,24,27)/t17?,20-,34?/m0/s1. The Kier molecular flexibility index (Phi) is 7.44. The Morgan fingerprint density at radius 1 is 1.18 bits per heavy atom. The van der Waals surface area contributed by atoms with Gasteiger partial charge in [0, 0.05) is 19.7 Å². The minimum atomic E-state index is -1.64.